The average molecular weight is 276 g/mol. The minimum atomic E-state index is 0.269. The van der Waals surface area contributed by atoms with Crippen LogP contribution in [0, 0.1) is 0 Å². The minimum absolute atomic E-state index is 0.269. The Labute approximate surface area is 120 Å². The number of rotatable bonds is 7. The van der Waals surface area contributed by atoms with Crippen molar-refractivity contribution in [2.75, 3.05) is 12.0 Å². The van der Waals surface area contributed by atoms with E-state index < -0.39 is 0 Å². The monoisotopic (exact) mass is 276 g/mol. The number of nitrogens with two attached hydrogens (primary N) is 1. The number of thioether (sulfide) groups is 1. The average Bonchev–Trinajstić information content (AvgIpc) is 2.78. The lowest BCUT2D eigenvalue weighted by molar-refractivity contribution is 0.643. The van der Waals surface area contributed by atoms with Gasteiger partial charge < -0.3 is 10.3 Å². The van der Waals surface area contributed by atoms with Crippen LogP contribution in [0.25, 0.3) is 10.9 Å². The summed E-state index contributed by atoms with van der Waals surface area (Å²) in [6.45, 7) is 3.25. The lowest BCUT2D eigenvalue weighted by Crippen LogP contribution is -2.21. The molecule has 0 spiro atoms. The fraction of sp³-hybridized carbons (Fsp3) is 0.500. The molecular weight excluding hydrogens is 252 g/mol. The van der Waals surface area contributed by atoms with Gasteiger partial charge in [0.05, 0.1) is 0 Å². The first-order valence-corrected chi connectivity index (χ1v) is 8.47. The van der Waals surface area contributed by atoms with Gasteiger partial charge in [0.15, 0.2) is 0 Å². The highest BCUT2D eigenvalue weighted by Crippen LogP contribution is 2.23. The van der Waals surface area contributed by atoms with E-state index in [4.69, 9.17) is 5.73 Å². The van der Waals surface area contributed by atoms with E-state index in [2.05, 4.69) is 48.2 Å². The summed E-state index contributed by atoms with van der Waals surface area (Å²) >= 11 is 1.91. The minimum Gasteiger partial charge on any atom is -0.347 e. The first kappa shape index (κ1) is 14.5. The summed E-state index contributed by atoms with van der Waals surface area (Å²) < 4.78 is 2.39. The zero-order valence-electron chi connectivity index (χ0n) is 11.9. The maximum absolute atomic E-state index is 6.11. The molecule has 0 amide bonds. The van der Waals surface area contributed by atoms with E-state index >= 15 is 0 Å². The first-order chi connectivity index (χ1) is 9.26. The lowest BCUT2D eigenvalue weighted by Gasteiger charge is -2.06. The summed E-state index contributed by atoms with van der Waals surface area (Å²) in [5.41, 5.74) is 8.86. The molecule has 0 fully saturated rings. The quantitative estimate of drug-likeness (QED) is 0.782. The smallest absolute Gasteiger partial charge is 0.0483 e. The molecule has 2 nitrogen and oxygen atoms in total. The molecule has 0 radical (unpaired) electrons. The molecule has 0 saturated heterocycles. The van der Waals surface area contributed by atoms with Crippen molar-refractivity contribution >= 4 is 22.7 Å². The topological polar surface area (TPSA) is 30.9 Å². The van der Waals surface area contributed by atoms with E-state index in [0.29, 0.717) is 0 Å². The number of fused-ring (bicyclic) bond motifs is 1. The van der Waals surface area contributed by atoms with Crippen LogP contribution >= 0.6 is 11.8 Å². The summed E-state index contributed by atoms with van der Waals surface area (Å²) in [6.07, 6.45) is 7.71. The predicted octanol–water partition coefficient (Wildman–Crippen LogP) is 3.67. The van der Waals surface area contributed by atoms with Crippen LogP contribution in [0.3, 0.4) is 0 Å². The van der Waals surface area contributed by atoms with Crippen LogP contribution in [-0.4, -0.2) is 22.6 Å². The number of aryl methyl sites for hydroxylation is 1. The number of hydrogen-bond acceptors (Lipinski definition) is 2. The van der Waals surface area contributed by atoms with E-state index in [0.717, 1.165) is 19.4 Å². The van der Waals surface area contributed by atoms with Gasteiger partial charge in [-0.25, -0.2) is 0 Å². The van der Waals surface area contributed by atoms with E-state index in [1.807, 2.05) is 11.8 Å². The molecule has 2 N–H and O–H groups in total. The van der Waals surface area contributed by atoms with Gasteiger partial charge in [0.2, 0.25) is 0 Å². The van der Waals surface area contributed by atoms with Gasteiger partial charge in [-0.15, -0.1) is 0 Å². The molecule has 1 atom stereocenters. The van der Waals surface area contributed by atoms with Gasteiger partial charge in [0.25, 0.3) is 0 Å². The third kappa shape index (κ3) is 3.54. The first-order valence-electron chi connectivity index (χ1n) is 7.07. The molecule has 19 heavy (non-hydrogen) atoms. The van der Waals surface area contributed by atoms with E-state index in [-0.39, 0.29) is 6.04 Å². The maximum atomic E-state index is 6.11. The normalized spacial score (nSPS) is 13.0. The molecule has 0 aliphatic carbocycles. The maximum Gasteiger partial charge on any atom is 0.0483 e. The zero-order chi connectivity index (χ0) is 13.7. The van der Waals surface area contributed by atoms with Crippen LogP contribution in [0.15, 0.2) is 30.5 Å². The Kier molecular flexibility index (Phi) is 5.34. The van der Waals surface area contributed by atoms with E-state index in [9.17, 15) is 0 Å². The van der Waals surface area contributed by atoms with Crippen LogP contribution in [-0.2, 0) is 13.0 Å². The second kappa shape index (κ2) is 7.01. The molecule has 2 rings (SSSR count). The number of benzene rings is 1. The van der Waals surface area contributed by atoms with Crippen molar-refractivity contribution < 1.29 is 0 Å². The zero-order valence-corrected chi connectivity index (χ0v) is 12.7. The number of aromatic nitrogens is 1. The number of nitrogens with zero attached hydrogens (tertiary/aromatic N) is 1. The second-order valence-electron chi connectivity index (χ2n) is 5.08. The van der Waals surface area contributed by atoms with Crippen molar-refractivity contribution in [2.45, 2.75) is 38.8 Å². The van der Waals surface area contributed by atoms with Gasteiger partial charge in [-0.05, 0) is 42.9 Å². The molecule has 1 heterocycles. The largest absolute Gasteiger partial charge is 0.347 e. The molecule has 1 aromatic carbocycles. The van der Waals surface area contributed by atoms with Crippen LogP contribution in [0.5, 0.6) is 0 Å². The predicted molar refractivity (Wildman–Crippen MR) is 86.9 cm³/mol. The van der Waals surface area contributed by atoms with Gasteiger partial charge in [-0.2, -0.15) is 11.8 Å². The standard InChI is InChI=1S/C16H24N2S/c1-3-14(17)11-13-12-18(9-6-10-19-2)16-8-5-4-7-15(13)16/h4-5,7-8,12,14H,3,6,9-11,17H2,1-2H3. The Balaban J connectivity index is 2.26. The van der Waals surface area contributed by atoms with E-state index in [1.54, 1.807) is 0 Å². The molecular formula is C16H24N2S. The summed E-state index contributed by atoms with van der Waals surface area (Å²) in [7, 11) is 0. The van der Waals surface area contributed by atoms with Crippen molar-refractivity contribution in [3.8, 4) is 0 Å². The van der Waals surface area contributed by atoms with Crippen molar-refractivity contribution in [1.82, 2.24) is 4.57 Å². The molecule has 0 saturated carbocycles. The number of hydrogen-bond donors (Lipinski definition) is 1. The summed E-state index contributed by atoms with van der Waals surface area (Å²) in [5, 5.41) is 1.37. The highest BCUT2D eigenvalue weighted by Gasteiger charge is 2.10. The molecule has 0 bridgehead atoms. The number of para-hydroxylation sites is 1. The molecule has 104 valence electrons. The summed E-state index contributed by atoms with van der Waals surface area (Å²) in [6, 6.07) is 8.95. The van der Waals surface area contributed by atoms with Crippen LogP contribution in [0.2, 0.25) is 0 Å². The van der Waals surface area contributed by atoms with Crippen molar-refractivity contribution in [3.63, 3.8) is 0 Å². The van der Waals surface area contributed by atoms with Crippen LogP contribution in [0.1, 0.15) is 25.3 Å². The Morgan fingerprint density at radius 3 is 2.84 bits per heavy atom. The molecule has 1 unspecified atom stereocenters. The van der Waals surface area contributed by atoms with Crippen molar-refractivity contribution in [2.24, 2.45) is 5.73 Å². The summed E-state index contributed by atoms with van der Waals surface area (Å²) in [5.74, 6) is 1.22. The highest BCUT2D eigenvalue weighted by atomic mass is 32.2. The van der Waals surface area contributed by atoms with Crippen molar-refractivity contribution in [1.29, 1.82) is 0 Å². The Hall–Kier alpha value is -0.930. The molecule has 0 aliphatic heterocycles. The van der Waals surface area contributed by atoms with Gasteiger partial charge in [0.1, 0.15) is 0 Å². The fourth-order valence-corrected chi connectivity index (χ4v) is 2.89. The molecule has 0 aliphatic rings. The third-order valence-electron chi connectivity index (χ3n) is 3.63. The fourth-order valence-electron chi connectivity index (χ4n) is 2.48. The molecule has 3 heteroatoms. The third-order valence-corrected chi connectivity index (χ3v) is 4.32. The van der Waals surface area contributed by atoms with Gasteiger partial charge >= 0.3 is 0 Å². The van der Waals surface area contributed by atoms with Gasteiger partial charge in [-0.1, -0.05) is 25.1 Å². The van der Waals surface area contributed by atoms with Crippen LogP contribution in [0.4, 0.5) is 0 Å². The van der Waals surface area contributed by atoms with E-state index in [1.165, 1.54) is 28.6 Å². The van der Waals surface area contributed by atoms with Crippen LogP contribution < -0.4 is 5.73 Å². The van der Waals surface area contributed by atoms with Crippen molar-refractivity contribution in [3.05, 3.63) is 36.0 Å². The molecule has 1 aromatic heterocycles. The molecule has 2 aromatic rings. The summed E-state index contributed by atoms with van der Waals surface area (Å²) in [4.78, 5) is 0. The highest BCUT2D eigenvalue weighted by molar-refractivity contribution is 7.98. The SMILES string of the molecule is CCC(N)Cc1cn(CCCSC)c2ccccc12. The Morgan fingerprint density at radius 2 is 2.11 bits per heavy atom. The Bertz CT molecular complexity index is 518. The van der Waals surface area contributed by atoms with Gasteiger partial charge in [-0.3, -0.25) is 0 Å². The lowest BCUT2D eigenvalue weighted by atomic mass is 10.0. The second-order valence-corrected chi connectivity index (χ2v) is 6.07. The Morgan fingerprint density at radius 1 is 1.32 bits per heavy atom. The van der Waals surface area contributed by atoms with Gasteiger partial charge in [0, 0.05) is 29.7 Å².